The summed E-state index contributed by atoms with van der Waals surface area (Å²) in [6.07, 6.45) is -3.32. The van der Waals surface area contributed by atoms with Crippen LogP contribution in [0.4, 0.5) is 13.2 Å². The molecule has 0 unspecified atom stereocenters. The van der Waals surface area contributed by atoms with Crippen LogP contribution < -0.4 is 5.56 Å². The summed E-state index contributed by atoms with van der Waals surface area (Å²) < 4.78 is 68.8. The predicted molar refractivity (Wildman–Crippen MR) is 111 cm³/mol. The van der Waals surface area contributed by atoms with Crippen LogP contribution in [-0.2, 0) is 29.3 Å². The number of halogens is 3. The maximum atomic E-state index is 13.4. The van der Waals surface area contributed by atoms with Crippen molar-refractivity contribution in [3.63, 3.8) is 0 Å². The topological polar surface area (TPSA) is 90.1 Å². The Hall–Kier alpha value is -2.73. The van der Waals surface area contributed by atoms with E-state index in [9.17, 15) is 26.4 Å². The fraction of sp³-hybridized carbons (Fsp3) is 0.450. The largest absolute Gasteiger partial charge is 0.421 e. The SMILES string of the molecule is CCn1c(Cn2nc(C3CC3)cc(C(F)(F)F)c2=O)nc2cc(S(=O)(=O)N(C)C)ccc21. The van der Waals surface area contributed by atoms with E-state index in [1.807, 2.05) is 6.92 Å². The number of hydrogen-bond donors (Lipinski definition) is 0. The van der Waals surface area contributed by atoms with Crippen molar-refractivity contribution in [1.82, 2.24) is 23.6 Å². The lowest BCUT2D eigenvalue weighted by Crippen LogP contribution is -2.32. The minimum Gasteiger partial charge on any atom is -0.327 e. The highest BCUT2D eigenvalue weighted by Gasteiger charge is 2.37. The molecule has 0 aliphatic heterocycles. The van der Waals surface area contributed by atoms with Crippen molar-refractivity contribution >= 4 is 21.1 Å². The van der Waals surface area contributed by atoms with Gasteiger partial charge in [0.05, 0.1) is 21.6 Å². The maximum absolute atomic E-state index is 13.4. The molecule has 1 saturated carbocycles. The Morgan fingerprint density at radius 2 is 1.88 bits per heavy atom. The second-order valence-corrected chi connectivity index (χ2v) is 10.1. The summed E-state index contributed by atoms with van der Waals surface area (Å²) in [4.78, 5) is 17.0. The van der Waals surface area contributed by atoms with Crippen LogP contribution in [0.5, 0.6) is 0 Å². The second-order valence-electron chi connectivity index (χ2n) is 7.93. The van der Waals surface area contributed by atoms with Crippen molar-refractivity contribution in [1.29, 1.82) is 0 Å². The van der Waals surface area contributed by atoms with E-state index in [1.165, 1.54) is 26.2 Å². The van der Waals surface area contributed by atoms with Crippen LogP contribution in [0.3, 0.4) is 0 Å². The summed E-state index contributed by atoms with van der Waals surface area (Å²) in [5.41, 5.74) is -1.24. The van der Waals surface area contributed by atoms with Gasteiger partial charge in [0, 0.05) is 26.6 Å². The summed E-state index contributed by atoms with van der Waals surface area (Å²) in [7, 11) is -0.852. The Bertz CT molecular complexity index is 1360. The molecule has 0 bridgehead atoms. The fourth-order valence-corrected chi connectivity index (χ4v) is 4.51. The Labute approximate surface area is 182 Å². The molecule has 0 N–H and O–H groups in total. The van der Waals surface area contributed by atoms with E-state index < -0.39 is 27.3 Å². The van der Waals surface area contributed by atoms with Crippen LogP contribution in [0.2, 0.25) is 0 Å². The van der Waals surface area contributed by atoms with Crippen molar-refractivity contribution < 1.29 is 21.6 Å². The number of aromatic nitrogens is 4. The predicted octanol–water partition coefficient (Wildman–Crippen LogP) is 2.81. The Morgan fingerprint density at radius 1 is 1.19 bits per heavy atom. The van der Waals surface area contributed by atoms with E-state index >= 15 is 0 Å². The van der Waals surface area contributed by atoms with Gasteiger partial charge in [-0.05, 0) is 44.0 Å². The van der Waals surface area contributed by atoms with E-state index in [0.717, 1.165) is 27.9 Å². The number of alkyl halides is 3. The zero-order valence-electron chi connectivity index (χ0n) is 17.7. The van der Waals surface area contributed by atoms with Gasteiger partial charge >= 0.3 is 6.18 Å². The summed E-state index contributed by atoms with van der Waals surface area (Å²) in [6.45, 7) is 1.99. The molecule has 1 fully saturated rings. The van der Waals surface area contributed by atoms with Gasteiger partial charge in [0.25, 0.3) is 5.56 Å². The third-order valence-electron chi connectivity index (χ3n) is 5.48. The van der Waals surface area contributed by atoms with Gasteiger partial charge in [0.2, 0.25) is 10.0 Å². The van der Waals surface area contributed by atoms with Gasteiger partial charge in [-0.1, -0.05) is 0 Å². The van der Waals surface area contributed by atoms with E-state index in [0.29, 0.717) is 23.4 Å². The third-order valence-corrected chi connectivity index (χ3v) is 7.29. The van der Waals surface area contributed by atoms with Crippen LogP contribution >= 0.6 is 0 Å². The van der Waals surface area contributed by atoms with E-state index in [-0.39, 0.29) is 23.1 Å². The van der Waals surface area contributed by atoms with E-state index in [4.69, 9.17) is 0 Å². The smallest absolute Gasteiger partial charge is 0.327 e. The van der Waals surface area contributed by atoms with Gasteiger partial charge < -0.3 is 4.57 Å². The molecule has 0 amide bonds. The molecular formula is C20H22F3N5O3S. The molecule has 8 nitrogen and oxygen atoms in total. The molecule has 1 aromatic carbocycles. The molecule has 1 aliphatic rings. The molecule has 2 aromatic heterocycles. The van der Waals surface area contributed by atoms with Crippen LogP contribution in [0.25, 0.3) is 11.0 Å². The average molecular weight is 469 g/mol. The van der Waals surface area contributed by atoms with Crippen LogP contribution in [0, 0.1) is 0 Å². The number of imidazole rings is 1. The van der Waals surface area contributed by atoms with Crippen LogP contribution in [0.1, 0.15) is 42.8 Å². The summed E-state index contributed by atoms with van der Waals surface area (Å²) in [5, 5.41) is 4.18. The van der Waals surface area contributed by atoms with Gasteiger partial charge in [0.1, 0.15) is 17.9 Å². The van der Waals surface area contributed by atoms with E-state index in [2.05, 4.69) is 10.1 Å². The van der Waals surface area contributed by atoms with Crippen molar-refractivity contribution in [2.45, 2.75) is 49.8 Å². The van der Waals surface area contributed by atoms with Gasteiger partial charge in [0.15, 0.2) is 0 Å². The van der Waals surface area contributed by atoms with Gasteiger partial charge in [-0.25, -0.2) is 22.4 Å². The highest BCUT2D eigenvalue weighted by molar-refractivity contribution is 7.89. The van der Waals surface area contributed by atoms with E-state index in [1.54, 1.807) is 10.6 Å². The number of sulfonamides is 1. The molecule has 1 aliphatic carbocycles. The molecule has 3 aromatic rings. The minimum absolute atomic E-state index is 0.0488. The maximum Gasteiger partial charge on any atom is 0.421 e. The molecule has 0 radical (unpaired) electrons. The number of nitrogens with zero attached hydrogens (tertiary/aromatic N) is 5. The standard InChI is InChI=1S/C20H22F3N5O3S/c1-4-27-17-8-7-13(32(30,31)26(2)3)9-16(17)24-18(27)11-28-19(29)14(20(21,22)23)10-15(25-28)12-5-6-12/h7-10,12H,4-6,11H2,1-3H3. The minimum atomic E-state index is -4.79. The zero-order valence-corrected chi connectivity index (χ0v) is 18.5. The quantitative estimate of drug-likeness (QED) is 0.554. The Kier molecular flexibility index (Phi) is 5.40. The molecule has 0 saturated heterocycles. The highest BCUT2D eigenvalue weighted by atomic mass is 32.2. The van der Waals surface area contributed by atoms with Crippen LogP contribution in [-0.4, -0.2) is 46.1 Å². The molecule has 4 rings (SSSR count). The number of benzene rings is 1. The lowest BCUT2D eigenvalue weighted by molar-refractivity contribution is -0.139. The first-order chi connectivity index (χ1) is 14.9. The monoisotopic (exact) mass is 469 g/mol. The molecule has 12 heteroatoms. The second kappa shape index (κ2) is 7.69. The Morgan fingerprint density at radius 3 is 2.44 bits per heavy atom. The summed E-state index contributed by atoms with van der Waals surface area (Å²) in [5.74, 6) is 0.240. The van der Waals surface area contributed by atoms with Crippen molar-refractivity contribution in [2.75, 3.05) is 14.1 Å². The molecular weight excluding hydrogens is 447 g/mol. The van der Waals surface area contributed by atoms with Gasteiger partial charge in [-0.3, -0.25) is 4.79 Å². The lowest BCUT2D eigenvalue weighted by Gasteiger charge is -2.13. The number of hydrogen-bond acceptors (Lipinski definition) is 5. The third kappa shape index (κ3) is 3.92. The van der Waals surface area contributed by atoms with Gasteiger partial charge in [-0.2, -0.15) is 18.3 Å². The summed E-state index contributed by atoms with van der Waals surface area (Å²) >= 11 is 0. The zero-order chi connectivity index (χ0) is 23.4. The van der Waals surface area contributed by atoms with Crippen molar-refractivity contribution in [3.05, 3.63) is 51.7 Å². The summed E-state index contributed by atoms with van der Waals surface area (Å²) in [6, 6.07) is 5.31. The van der Waals surface area contributed by atoms with Crippen molar-refractivity contribution in [2.24, 2.45) is 0 Å². The highest BCUT2D eigenvalue weighted by Crippen LogP contribution is 2.40. The molecule has 0 spiro atoms. The first-order valence-electron chi connectivity index (χ1n) is 10.0. The lowest BCUT2D eigenvalue weighted by atomic mass is 10.2. The number of rotatable bonds is 6. The molecule has 32 heavy (non-hydrogen) atoms. The first-order valence-corrected chi connectivity index (χ1v) is 11.5. The molecule has 0 atom stereocenters. The first kappa shape index (κ1) is 22.5. The number of fused-ring (bicyclic) bond motifs is 1. The fourth-order valence-electron chi connectivity index (χ4n) is 3.59. The van der Waals surface area contributed by atoms with Crippen molar-refractivity contribution in [3.8, 4) is 0 Å². The van der Waals surface area contributed by atoms with Gasteiger partial charge in [-0.15, -0.1) is 0 Å². The van der Waals surface area contributed by atoms with Crippen LogP contribution in [0.15, 0.2) is 34.0 Å². The number of aryl methyl sites for hydroxylation is 1. The normalized spacial score (nSPS) is 15.1. The molecule has 2 heterocycles. The Balaban J connectivity index is 1.83. The molecule has 172 valence electrons. The average Bonchev–Trinajstić information content (AvgIpc) is 3.49.